The highest BCUT2D eigenvalue weighted by Crippen LogP contribution is 2.25. The summed E-state index contributed by atoms with van der Waals surface area (Å²) in [6.45, 7) is 4.30. The number of carbonyl (C=O) groups excluding carboxylic acids is 1. The molecule has 6 nitrogen and oxygen atoms in total. The Kier molecular flexibility index (Phi) is 5.31. The maximum Gasteiger partial charge on any atom is 0.337 e. The first-order valence-corrected chi connectivity index (χ1v) is 6.24. The molecule has 4 N–H and O–H groups in total. The van der Waals surface area contributed by atoms with E-state index in [0.717, 1.165) is 12.1 Å². The molecule has 0 bridgehead atoms. The average molecular weight is 283 g/mol. The summed E-state index contributed by atoms with van der Waals surface area (Å²) < 4.78 is 13.9. The molecule has 0 unspecified atom stereocenters. The SMILES string of the molecule is CCNC(=O)CN(CC)c1cc(C(=O)O)c(N)cc1F. The lowest BCUT2D eigenvalue weighted by Crippen LogP contribution is -2.37. The van der Waals surface area contributed by atoms with Crippen molar-refractivity contribution in [2.45, 2.75) is 13.8 Å². The highest BCUT2D eigenvalue weighted by Gasteiger charge is 2.18. The van der Waals surface area contributed by atoms with Gasteiger partial charge in [-0.2, -0.15) is 0 Å². The van der Waals surface area contributed by atoms with Crippen LogP contribution in [-0.2, 0) is 4.79 Å². The summed E-state index contributed by atoms with van der Waals surface area (Å²) in [5.74, 6) is -2.15. The summed E-state index contributed by atoms with van der Waals surface area (Å²) in [6.07, 6.45) is 0. The van der Waals surface area contributed by atoms with Gasteiger partial charge in [0.25, 0.3) is 0 Å². The number of hydrogen-bond donors (Lipinski definition) is 3. The summed E-state index contributed by atoms with van der Waals surface area (Å²) in [6, 6.07) is 2.11. The van der Waals surface area contributed by atoms with Gasteiger partial charge in [-0.3, -0.25) is 4.79 Å². The van der Waals surface area contributed by atoms with Crippen molar-refractivity contribution in [3.63, 3.8) is 0 Å². The number of nitrogens with two attached hydrogens (primary N) is 1. The first-order valence-electron chi connectivity index (χ1n) is 6.24. The zero-order chi connectivity index (χ0) is 15.3. The van der Waals surface area contributed by atoms with Gasteiger partial charge < -0.3 is 21.1 Å². The Balaban J connectivity index is 3.11. The predicted molar refractivity (Wildman–Crippen MR) is 74.3 cm³/mol. The van der Waals surface area contributed by atoms with Crippen LogP contribution in [0.5, 0.6) is 0 Å². The van der Waals surface area contributed by atoms with Crippen molar-refractivity contribution in [1.82, 2.24) is 5.32 Å². The van der Waals surface area contributed by atoms with Gasteiger partial charge in [0.05, 0.1) is 17.8 Å². The van der Waals surface area contributed by atoms with E-state index >= 15 is 0 Å². The Labute approximate surface area is 116 Å². The van der Waals surface area contributed by atoms with Crippen molar-refractivity contribution >= 4 is 23.3 Å². The van der Waals surface area contributed by atoms with Gasteiger partial charge in [-0.15, -0.1) is 0 Å². The lowest BCUT2D eigenvalue weighted by atomic mass is 10.1. The van der Waals surface area contributed by atoms with Gasteiger partial charge in [0.2, 0.25) is 5.91 Å². The fourth-order valence-electron chi connectivity index (χ4n) is 1.80. The van der Waals surface area contributed by atoms with Crippen molar-refractivity contribution in [3.05, 3.63) is 23.5 Å². The lowest BCUT2D eigenvalue weighted by Gasteiger charge is -2.23. The highest BCUT2D eigenvalue weighted by molar-refractivity contribution is 5.95. The van der Waals surface area contributed by atoms with Crippen molar-refractivity contribution in [1.29, 1.82) is 0 Å². The maximum absolute atomic E-state index is 13.9. The molecule has 0 aliphatic carbocycles. The molecule has 1 aromatic carbocycles. The quantitative estimate of drug-likeness (QED) is 0.679. The van der Waals surface area contributed by atoms with Crippen LogP contribution in [0.1, 0.15) is 24.2 Å². The van der Waals surface area contributed by atoms with Gasteiger partial charge >= 0.3 is 5.97 Å². The van der Waals surface area contributed by atoms with Gasteiger partial charge in [-0.1, -0.05) is 0 Å². The Morgan fingerprint density at radius 2 is 2.05 bits per heavy atom. The van der Waals surface area contributed by atoms with Crippen LogP contribution in [0.3, 0.4) is 0 Å². The fourth-order valence-corrected chi connectivity index (χ4v) is 1.80. The number of benzene rings is 1. The highest BCUT2D eigenvalue weighted by atomic mass is 19.1. The van der Waals surface area contributed by atoms with Crippen LogP contribution in [0, 0.1) is 5.82 Å². The van der Waals surface area contributed by atoms with E-state index in [2.05, 4.69) is 5.32 Å². The molecule has 0 saturated carbocycles. The van der Waals surface area contributed by atoms with Crippen molar-refractivity contribution in [2.24, 2.45) is 0 Å². The lowest BCUT2D eigenvalue weighted by molar-refractivity contribution is -0.119. The molecule has 0 radical (unpaired) electrons. The first kappa shape index (κ1) is 15.7. The molecular formula is C13H18FN3O3. The third-order valence-corrected chi connectivity index (χ3v) is 2.78. The van der Waals surface area contributed by atoms with Crippen molar-refractivity contribution in [3.8, 4) is 0 Å². The van der Waals surface area contributed by atoms with Gasteiger partial charge in [0.1, 0.15) is 5.82 Å². The fraction of sp³-hybridized carbons (Fsp3) is 0.385. The minimum Gasteiger partial charge on any atom is -0.478 e. The van der Waals surface area contributed by atoms with Gasteiger partial charge in [-0.25, -0.2) is 9.18 Å². The van der Waals surface area contributed by atoms with Gasteiger partial charge in [-0.05, 0) is 26.0 Å². The maximum atomic E-state index is 13.9. The van der Waals surface area contributed by atoms with E-state index in [9.17, 15) is 14.0 Å². The van der Waals surface area contributed by atoms with E-state index in [0.29, 0.717) is 13.1 Å². The molecular weight excluding hydrogens is 265 g/mol. The Morgan fingerprint density at radius 3 is 2.55 bits per heavy atom. The van der Waals surface area contributed by atoms with Crippen LogP contribution in [-0.4, -0.2) is 36.6 Å². The second-order valence-corrected chi connectivity index (χ2v) is 4.16. The molecule has 0 spiro atoms. The van der Waals surface area contributed by atoms with Crippen LogP contribution >= 0.6 is 0 Å². The smallest absolute Gasteiger partial charge is 0.337 e. The number of aromatic carboxylic acids is 1. The van der Waals surface area contributed by atoms with E-state index in [1.807, 2.05) is 0 Å². The molecule has 0 fully saturated rings. The minimum absolute atomic E-state index is 0.0466. The second kappa shape index (κ2) is 6.74. The molecule has 0 saturated heterocycles. The summed E-state index contributed by atoms with van der Waals surface area (Å²) in [7, 11) is 0. The Bertz CT molecular complexity index is 520. The zero-order valence-electron chi connectivity index (χ0n) is 11.4. The van der Waals surface area contributed by atoms with Crippen LogP contribution in [0.25, 0.3) is 0 Å². The summed E-state index contributed by atoms with van der Waals surface area (Å²) in [5.41, 5.74) is 5.18. The summed E-state index contributed by atoms with van der Waals surface area (Å²) >= 11 is 0. The minimum atomic E-state index is -1.24. The molecule has 110 valence electrons. The third kappa shape index (κ3) is 3.59. The average Bonchev–Trinajstić information content (AvgIpc) is 2.36. The first-order chi connectivity index (χ1) is 9.40. The number of carbonyl (C=O) groups is 2. The molecule has 1 amide bonds. The van der Waals surface area contributed by atoms with E-state index in [-0.39, 0.29) is 29.4 Å². The molecule has 20 heavy (non-hydrogen) atoms. The number of carboxylic acids is 1. The molecule has 0 aliphatic heterocycles. The number of hydrogen-bond acceptors (Lipinski definition) is 4. The number of nitrogens with zero attached hydrogens (tertiary/aromatic N) is 1. The molecule has 0 aliphatic rings. The predicted octanol–water partition coefficient (Wildman–Crippen LogP) is 1.07. The monoisotopic (exact) mass is 283 g/mol. The zero-order valence-corrected chi connectivity index (χ0v) is 11.4. The van der Waals surface area contributed by atoms with Gasteiger partial charge in [0.15, 0.2) is 0 Å². The number of nitrogens with one attached hydrogen (secondary N) is 1. The Hall–Kier alpha value is -2.31. The van der Waals surface area contributed by atoms with Crippen molar-refractivity contribution in [2.75, 3.05) is 30.3 Å². The third-order valence-electron chi connectivity index (χ3n) is 2.78. The Morgan fingerprint density at radius 1 is 1.40 bits per heavy atom. The molecule has 0 aromatic heterocycles. The number of anilines is 2. The number of nitrogen functional groups attached to an aromatic ring is 1. The number of likely N-dealkylation sites (N-methyl/N-ethyl adjacent to an activating group) is 2. The van der Waals surface area contributed by atoms with E-state index in [1.54, 1.807) is 13.8 Å². The van der Waals surface area contributed by atoms with Crippen LogP contribution < -0.4 is 16.0 Å². The number of rotatable bonds is 6. The largest absolute Gasteiger partial charge is 0.478 e. The van der Waals surface area contributed by atoms with E-state index in [1.165, 1.54) is 4.90 Å². The van der Waals surface area contributed by atoms with Crippen molar-refractivity contribution < 1.29 is 19.1 Å². The van der Waals surface area contributed by atoms with Crippen LogP contribution in [0.4, 0.5) is 15.8 Å². The molecule has 0 atom stereocenters. The van der Waals surface area contributed by atoms with Crippen LogP contribution in [0.2, 0.25) is 0 Å². The number of amides is 1. The van der Waals surface area contributed by atoms with E-state index in [4.69, 9.17) is 10.8 Å². The number of carboxylic acid groups (broad SMARTS) is 1. The molecule has 0 heterocycles. The second-order valence-electron chi connectivity index (χ2n) is 4.16. The topological polar surface area (TPSA) is 95.7 Å². The normalized spacial score (nSPS) is 10.2. The summed E-state index contributed by atoms with van der Waals surface area (Å²) in [5, 5.41) is 11.6. The van der Waals surface area contributed by atoms with Gasteiger partial charge in [0, 0.05) is 18.8 Å². The molecule has 1 aromatic rings. The summed E-state index contributed by atoms with van der Waals surface area (Å²) in [4.78, 5) is 24.0. The molecule has 1 rings (SSSR count). The van der Waals surface area contributed by atoms with Crippen LogP contribution in [0.15, 0.2) is 12.1 Å². The molecule has 7 heteroatoms. The van der Waals surface area contributed by atoms with E-state index < -0.39 is 11.8 Å². The number of halogens is 1. The standard InChI is InChI=1S/C13H18FN3O3/c1-3-16-12(18)7-17(4-2)11-5-8(13(19)20)10(15)6-9(11)14/h5-6H,3-4,7,15H2,1-2H3,(H,16,18)(H,19,20).